The van der Waals surface area contributed by atoms with Gasteiger partial charge < -0.3 is 10.5 Å². The predicted molar refractivity (Wildman–Crippen MR) is 74.6 cm³/mol. The van der Waals surface area contributed by atoms with E-state index in [1.807, 2.05) is 0 Å². The van der Waals surface area contributed by atoms with E-state index < -0.39 is 20.7 Å². The molecule has 2 rings (SSSR count). The van der Waals surface area contributed by atoms with Crippen molar-refractivity contribution in [3.8, 4) is 5.75 Å². The summed E-state index contributed by atoms with van der Waals surface area (Å²) in [4.78, 5) is -0.463. The van der Waals surface area contributed by atoms with Gasteiger partial charge in [0.05, 0.1) is 12.8 Å². The summed E-state index contributed by atoms with van der Waals surface area (Å²) < 4.78 is 45.1. The third-order valence-electron chi connectivity index (χ3n) is 2.57. The van der Waals surface area contributed by atoms with Crippen LogP contribution in [0, 0.1) is 5.82 Å². The third-order valence-corrected chi connectivity index (χ3v) is 3.98. The van der Waals surface area contributed by atoms with Crippen molar-refractivity contribution in [2.45, 2.75) is 4.90 Å². The number of hydrogen-bond donors (Lipinski definition) is 2. The Kier molecular flexibility index (Phi) is 3.80. The summed E-state index contributed by atoms with van der Waals surface area (Å²) in [6, 6.07) is 9.72. The lowest BCUT2D eigenvalue weighted by Gasteiger charge is -2.10. The minimum atomic E-state index is -4.02. The number of benzene rings is 2. The molecule has 20 heavy (non-hydrogen) atoms. The summed E-state index contributed by atoms with van der Waals surface area (Å²) in [5.41, 5.74) is 5.82. The largest absolute Gasteiger partial charge is 0.497 e. The summed E-state index contributed by atoms with van der Waals surface area (Å²) in [6.07, 6.45) is 0. The van der Waals surface area contributed by atoms with Crippen LogP contribution in [-0.2, 0) is 10.0 Å². The lowest BCUT2D eigenvalue weighted by molar-refractivity contribution is 0.415. The average Bonchev–Trinajstić information content (AvgIpc) is 2.37. The van der Waals surface area contributed by atoms with Crippen molar-refractivity contribution in [3.63, 3.8) is 0 Å². The van der Waals surface area contributed by atoms with Crippen molar-refractivity contribution in [3.05, 3.63) is 48.3 Å². The van der Waals surface area contributed by atoms with E-state index in [1.165, 1.54) is 25.3 Å². The van der Waals surface area contributed by atoms with Crippen LogP contribution in [0.4, 0.5) is 15.8 Å². The van der Waals surface area contributed by atoms with Gasteiger partial charge in [-0.2, -0.15) is 0 Å². The van der Waals surface area contributed by atoms with Crippen LogP contribution in [0.15, 0.2) is 47.4 Å². The SMILES string of the molecule is COc1cccc(NS(=O)(=O)c2ccc(N)cc2F)c1. The number of anilines is 2. The number of methoxy groups -OCH3 is 1. The molecule has 0 unspecified atom stereocenters. The molecule has 0 atom stereocenters. The molecule has 0 bridgehead atoms. The average molecular weight is 296 g/mol. The number of hydrogen-bond acceptors (Lipinski definition) is 4. The Labute approximate surface area is 116 Å². The second kappa shape index (κ2) is 5.38. The molecule has 0 aromatic heterocycles. The highest BCUT2D eigenvalue weighted by molar-refractivity contribution is 7.92. The first-order valence-electron chi connectivity index (χ1n) is 5.64. The number of rotatable bonds is 4. The lowest BCUT2D eigenvalue weighted by Crippen LogP contribution is -2.14. The molecule has 0 aliphatic carbocycles. The standard InChI is InChI=1S/C13H13FN2O3S/c1-19-11-4-2-3-10(8-11)16-20(17,18)13-6-5-9(15)7-12(13)14/h2-8,16H,15H2,1H3. The van der Waals surface area contributed by atoms with E-state index in [0.29, 0.717) is 5.75 Å². The van der Waals surface area contributed by atoms with Gasteiger partial charge in [-0.15, -0.1) is 0 Å². The maximum atomic E-state index is 13.7. The van der Waals surface area contributed by atoms with E-state index in [9.17, 15) is 12.8 Å². The van der Waals surface area contributed by atoms with E-state index in [2.05, 4.69) is 4.72 Å². The van der Waals surface area contributed by atoms with E-state index in [4.69, 9.17) is 10.5 Å². The predicted octanol–water partition coefficient (Wildman–Crippen LogP) is 2.22. The van der Waals surface area contributed by atoms with Gasteiger partial charge in [-0.1, -0.05) is 6.07 Å². The highest BCUT2D eigenvalue weighted by Crippen LogP contribution is 2.23. The molecular formula is C13H13FN2O3S. The highest BCUT2D eigenvalue weighted by Gasteiger charge is 2.19. The first-order valence-corrected chi connectivity index (χ1v) is 7.12. The molecular weight excluding hydrogens is 283 g/mol. The van der Waals surface area contributed by atoms with E-state index in [0.717, 1.165) is 12.1 Å². The van der Waals surface area contributed by atoms with Gasteiger partial charge in [-0.05, 0) is 30.3 Å². The summed E-state index contributed by atoms with van der Waals surface area (Å²) in [7, 11) is -2.56. The summed E-state index contributed by atoms with van der Waals surface area (Å²) in [6.45, 7) is 0. The van der Waals surface area contributed by atoms with E-state index in [1.54, 1.807) is 12.1 Å². The van der Waals surface area contributed by atoms with Crippen LogP contribution < -0.4 is 15.2 Å². The molecule has 0 radical (unpaired) electrons. The van der Waals surface area contributed by atoms with Crippen LogP contribution in [0.3, 0.4) is 0 Å². The van der Waals surface area contributed by atoms with Gasteiger partial charge in [-0.3, -0.25) is 4.72 Å². The molecule has 0 saturated heterocycles. The Morgan fingerprint density at radius 2 is 1.95 bits per heavy atom. The normalized spacial score (nSPS) is 11.1. The number of nitrogens with one attached hydrogen (secondary N) is 1. The smallest absolute Gasteiger partial charge is 0.264 e. The van der Waals surface area contributed by atoms with Crippen LogP contribution in [0.1, 0.15) is 0 Å². The quantitative estimate of drug-likeness (QED) is 0.848. The second-order valence-corrected chi connectivity index (χ2v) is 5.68. The lowest BCUT2D eigenvalue weighted by atomic mass is 10.3. The van der Waals surface area contributed by atoms with Gasteiger partial charge in [0.25, 0.3) is 10.0 Å². The highest BCUT2D eigenvalue weighted by atomic mass is 32.2. The van der Waals surface area contributed by atoms with Crippen LogP contribution in [0.2, 0.25) is 0 Å². The van der Waals surface area contributed by atoms with Gasteiger partial charge >= 0.3 is 0 Å². The molecule has 0 heterocycles. The number of nitrogen functional groups attached to an aromatic ring is 1. The fourth-order valence-corrected chi connectivity index (χ4v) is 2.74. The molecule has 0 saturated carbocycles. The molecule has 0 fully saturated rings. The summed E-state index contributed by atoms with van der Waals surface area (Å²) >= 11 is 0. The monoisotopic (exact) mass is 296 g/mol. The van der Waals surface area contributed by atoms with Crippen molar-refractivity contribution in [1.82, 2.24) is 0 Å². The number of ether oxygens (including phenoxy) is 1. The zero-order valence-corrected chi connectivity index (χ0v) is 11.4. The van der Waals surface area contributed by atoms with Crippen molar-refractivity contribution in [2.24, 2.45) is 0 Å². The number of nitrogens with two attached hydrogens (primary N) is 1. The van der Waals surface area contributed by atoms with Crippen LogP contribution in [0.25, 0.3) is 0 Å². The van der Waals surface area contributed by atoms with Gasteiger partial charge in [-0.25, -0.2) is 12.8 Å². The van der Waals surface area contributed by atoms with Crippen molar-refractivity contribution in [1.29, 1.82) is 0 Å². The Bertz CT molecular complexity index is 732. The van der Waals surface area contributed by atoms with Crippen molar-refractivity contribution in [2.75, 3.05) is 17.6 Å². The number of halogens is 1. The van der Waals surface area contributed by atoms with Crippen LogP contribution >= 0.6 is 0 Å². The topological polar surface area (TPSA) is 81.4 Å². The van der Waals surface area contributed by atoms with Crippen molar-refractivity contribution < 1.29 is 17.5 Å². The first-order chi connectivity index (χ1) is 9.42. The van der Waals surface area contributed by atoms with Gasteiger partial charge in [0.15, 0.2) is 0 Å². The maximum Gasteiger partial charge on any atom is 0.264 e. The zero-order valence-electron chi connectivity index (χ0n) is 10.6. The van der Waals surface area contributed by atoms with Crippen LogP contribution in [-0.4, -0.2) is 15.5 Å². The minimum absolute atomic E-state index is 0.155. The summed E-state index contributed by atoms with van der Waals surface area (Å²) in [5.74, 6) is -0.414. The van der Waals surface area contributed by atoms with Gasteiger partial charge in [0, 0.05) is 11.8 Å². The second-order valence-electron chi connectivity index (χ2n) is 4.03. The number of sulfonamides is 1. The molecule has 0 aliphatic rings. The first kappa shape index (κ1) is 14.1. The van der Waals surface area contributed by atoms with Gasteiger partial charge in [0.1, 0.15) is 16.5 Å². The van der Waals surface area contributed by atoms with Gasteiger partial charge in [0.2, 0.25) is 0 Å². The van der Waals surface area contributed by atoms with Crippen molar-refractivity contribution >= 4 is 21.4 Å². The zero-order chi connectivity index (χ0) is 14.8. The Hall–Kier alpha value is -2.28. The minimum Gasteiger partial charge on any atom is -0.497 e. The Morgan fingerprint density at radius 1 is 1.20 bits per heavy atom. The molecule has 0 spiro atoms. The van der Waals surface area contributed by atoms with E-state index >= 15 is 0 Å². The summed E-state index contributed by atoms with van der Waals surface area (Å²) in [5, 5.41) is 0. The molecule has 0 amide bonds. The molecule has 106 valence electrons. The molecule has 0 aliphatic heterocycles. The molecule has 3 N–H and O–H groups in total. The Morgan fingerprint density at radius 3 is 2.60 bits per heavy atom. The van der Waals surface area contributed by atoms with E-state index in [-0.39, 0.29) is 11.4 Å². The molecule has 2 aromatic carbocycles. The maximum absolute atomic E-state index is 13.7. The molecule has 2 aromatic rings. The fourth-order valence-electron chi connectivity index (χ4n) is 1.63. The third kappa shape index (κ3) is 3.00. The molecule has 5 nitrogen and oxygen atoms in total. The molecule has 7 heteroatoms. The Balaban J connectivity index is 2.35. The fraction of sp³-hybridized carbons (Fsp3) is 0.0769. The van der Waals surface area contributed by atoms with Crippen LogP contribution in [0.5, 0.6) is 5.75 Å².